The smallest absolute Gasteiger partial charge is 0.233 e. The number of carbonyl (C=O) groups is 1. The van der Waals surface area contributed by atoms with Gasteiger partial charge in [-0.2, -0.15) is 0 Å². The van der Waals surface area contributed by atoms with Crippen LogP contribution in [0.25, 0.3) is 0 Å². The number of para-hydroxylation sites is 2. The maximum atomic E-state index is 13.2. The summed E-state index contributed by atoms with van der Waals surface area (Å²) < 4.78 is 6.64. The Hall–Kier alpha value is -3.31. The minimum absolute atomic E-state index is 0.101. The van der Waals surface area contributed by atoms with E-state index in [1.165, 1.54) is 0 Å². The van der Waals surface area contributed by atoms with Crippen LogP contribution in [0.15, 0.2) is 84.9 Å². The van der Waals surface area contributed by atoms with Crippen molar-refractivity contribution in [3.05, 3.63) is 96.1 Å². The maximum absolute atomic E-state index is 13.2. The van der Waals surface area contributed by atoms with Crippen LogP contribution >= 0.6 is 0 Å². The monoisotopic (exact) mass is 445 g/mol. The Kier molecular flexibility index (Phi) is 6.70. The Bertz CT molecular complexity index is 1030. The predicted octanol–water partition coefficient (Wildman–Crippen LogP) is 4.10. The Morgan fingerprint density at radius 2 is 1.58 bits per heavy atom. The van der Waals surface area contributed by atoms with Crippen molar-refractivity contribution in [1.82, 2.24) is 0 Å². The molecule has 5 heteroatoms. The van der Waals surface area contributed by atoms with E-state index in [0.717, 1.165) is 48.1 Å². The topological polar surface area (TPSA) is 72.6 Å². The molecule has 3 aromatic rings. The second-order valence-electron chi connectivity index (χ2n) is 9.31. The number of rotatable bonds is 9. The predicted molar refractivity (Wildman–Crippen MR) is 130 cm³/mol. The van der Waals surface area contributed by atoms with Gasteiger partial charge in [-0.1, -0.05) is 72.8 Å². The molecule has 3 aromatic carbocycles. The first-order valence-corrected chi connectivity index (χ1v) is 11.6. The van der Waals surface area contributed by atoms with Gasteiger partial charge in [0.15, 0.2) is 11.5 Å². The van der Waals surface area contributed by atoms with E-state index < -0.39 is 5.41 Å². The molecule has 1 heterocycles. The molecule has 0 radical (unpaired) electrons. The van der Waals surface area contributed by atoms with Gasteiger partial charge in [0.1, 0.15) is 5.41 Å². The maximum Gasteiger partial charge on any atom is 0.233 e. The number of quaternary nitrogens is 1. The number of hydrogen-bond donors (Lipinski definition) is 2. The zero-order valence-corrected chi connectivity index (χ0v) is 19.2. The van der Waals surface area contributed by atoms with Gasteiger partial charge in [0.25, 0.3) is 0 Å². The van der Waals surface area contributed by atoms with Crippen molar-refractivity contribution in [1.29, 1.82) is 0 Å². The first kappa shape index (κ1) is 22.9. The second-order valence-corrected chi connectivity index (χ2v) is 9.31. The van der Waals surface area contributed by atoms with E-state index in [-0.39, 0.29) is 17.6 Å². The van der Waals surface area contributed by atoms with Crippen molar-refractivity contribution in [3.63, 3.8) is 0 Å². The molecule has 33 heavy (non-hydrogen) atoms. The van der Waals surface area contributed by atoms with Crippen LogP contribution in [0.5, 0.6) is 11.5 Å². The molecule has 2 atom stereocenters. The summed E-state index contributed by atoms with van der Waals surface area (Å²) in [6.45, 7) is 3.32. The van der Waals surface area contributed by atoms with Gasteiger partial charge in [0, 0.05) is 18.8 Å². The summed E-state index contributed by atoms with van der Waals surface area (Å²) in [6, 6.07) is 27.0. The summed E-state index contributed by atoms with van der Waals surface area (Å²) in [5.41, 5.74) is 7.28. The Balaban J connectivity index is 1.53. The van der Waals surface area contributed by atoms with Crippen molar-refractivity contribution in [2.75, 3.05) is 33.3 Å². The standard InChI is InChI=1S/C28H32N2O3/c1-30(18-10-20-33-26-16-9-8-15-25(26)31)19-17-24(21-30)28(27(29)32,22-11-4-2-5-12-22)23-13-6-3-7-14-23/h2-9,11-16,24H,10,17-21H2,1H3,(H2-,29,31,32)/p+1. The minimum atomic E-state index is -0.856. The highest BCUT2D eigenvalue weighted by Gasteiger charge is 2.53. The number of likely N-dealkylation sites (tertiary alicyclic amines) is 1. The number of nitrogens with zero attached hydrogens (tertiary/aromatic N) is 1. The largest absolute Gasteiger partial charge is 0.504 e. The number of phenols is 1. The lowest BCUT2D eigenvalue weighted by atomic mass is 9.64. The molecule has 1 aliphatic rings. The molecule has 1 fully saturated rings. The molecule has 5 nitrogen and oxygen atoms in total. The van der Waals surface area contributed by atoms with Crippen LogP contribution in [0, 0.1) is 5.92 Å². The number of primary amides is 1. The van der Waals surface area contributed by atoms with E-state index >= 15 is 0 Å². The lowest BCUT2D eigenvalue weighted by Crippen LogP contribution is -2.51. The van der Waals surface area contributed by atoms with E-state index in [0.29, 0.717) is 12.4 Å². The molecular formula is C28H33N2O3+. The van der Waals surface area contributed by atoms with Crippen molar-refractivity contribution >= 4 is 5.91 Å². The van der Waals surface area contributed by atoms with Crippen molar-refractivity contribution in [2.45, 2.75) is 18.3 Å². The molecule has 1 saturated heterocycles. The summed E-state index contributed by atoms with van der Waals surface area (Å²) in [4.78, 5) is 13.2. The number of aromatic hydroxyl groups is 1. The first-order valence-electron chi connectivity index (χ1n) is 11.6. The van der Waals surface area contributed by atoms with E-state index in [9.17, 15) is 9.90 Å². The van der Waals surface area contributed by atoms with Crippen LogP contribution in [-0.2, 0) is 10.2 Å². The molecule has 0 bridgehead atoms. The summed E-state index contributed by atoms with van der Waals surface area (Å²) in [5, 5.41) is 9.89. The van der Waals surface area contributed by atoms with Crippen LogP contribution in [0.2, 0.25) is 0 Å². The van der Waals surface area contributed by atoms with E-state index in [1.54, 1.807) is 18.2 Å². The number of benzene rings is 3. The normalized spacial score (nSPS) is 20.5. The van der Waals surface area contributed by atoms with Gasteiger partial charge in [-0.15, -0.1) is 0 Å². The van der Waals surface area contributed by atoms with Gasteiger partial charge in [0.05, 0.1) is 33.3 Å². The molecule has 1 amide bonds. The average molecular weight is 446 g/mol. The third-order valence-electron chi connectivity index (χ3n) is 7.10. The number of ether oxygens (including phenoxy) is 1. The highest BCUT2D eigenvalue weighted by molar-refractivity contribution is 5.91. The molecule has 0 aliphatic carbocycles. The average Bonchev–Trinajstić information content (AvgIpc) is 3.22. The lowest BCUT2D eigenvalue weighted by molar-refractivity contribution is -0.899. The molecule has 0 aromatic heterocycles. The molecule has 0 saturated carbocycles. The fraction of sp³-hybridized carbons (Fsp3) is 0.321. The van der Waals surface area contributed by atoms with Crippen molar-refractivity contribution in [3.8, 4) is 11.5 Å². The first-order chi connectivity index (χ1) is 16.0. The van der Waals surface area contributed by atoms with Gasteiger partial charge in [-0.05, 0) is 23.3 Å². The third kappa shape index (κ3) is 4.60. The van der Waals surface area contributed by atoms with E-state index in [1.807, 2.05) is 66.7 Å². The number of phenolic OH excluding ortho intramolecular Hbond substituents is 1. The SMILES string of the molecule is C[N+]1(CCCOc2ccccc2O)CCC(C(C(N)=O)(c2ccccc2)c2ccccc2)C1. The molecule has 0 spiro atoms. The molecular weight excluding hydrogens is 412 g/mol. The number of carbonyl (C=O) groups excluding carboxylic acids is 1. The summed E-state index contributed by atoms with van der Waals surface area (Å²) in [7, 11) is 2.25. The number of nitrogens with two attached hydrogens (primary N) is 1. The van der Waals surface area contributed by atoms with Crippen LogP contribution in [0.1, 0.15) is 24.0 Å². The summed E-state index contributed by atoms with van der Waals surface area (Å²) in [5.74, 6) is 0.488. The highest BCUT2D eigenvalue weighted by Crippen LogP contribution is 2.45. The number of hydrogen-bond acceptors (Lipinski definition) is 3. The Morgan fingerprint density at radius 3 is 2.15 bits per heavy atom. The molecule has 3 N–H and O–H groups in total. The lowest BCUT2D eigenvalue weighted by Gasteiger charge is -2.38. The molecule has 4 rings (SSSR count). The summed E-state index contributed by atoms with van der Waals surface area (Å²) >= 11 is 0. The van der Waals surface area contributed by atoms with Crippen molar-refractivity contribution < 1.29 is 19.1 Å². The quantitative estimate of drug-likeness (QED) is 0.385. The zero-order chi connectivity index (χ0) is 23.3. The fourth-order valence-corrected chi connectivity index (χ4v) is 5.47. The van der Waals surface area contributed by atoms with Crippen LogP contribution in [0.3, 0.4) is 0 Å². The zero-order valence-electron chi connectivity index (χ0n) is 19.2. The molecule has 2 unspecified atom stereocenters. The third-order valence-corrected chi connectivity index (χ3v) is 7.10. The van der Waals surface area contributed by atoms with Gasteiger partial charge >= 0.3 is 0 Å². The molecule has 1 aliphatic heterocycles. The van der Waals surface area contributed by atoms with E-state index in [2.05, 4.69) is 7.05 Å². The Morgan fingerprint density at radius 1 is 1.00 bits per heavy atom. The minimum Gasteiger partial charge on any atom is -0.504 e. The Labute approximate surface area is 196 Å². The fourth-order valence-electron chi connectivity index (χ4n) is 5.47. The summed E-state index contributed by atoms with van der Waals surface area (Å²) in [6.07, 6.45) is 1.78. The highest BCUT2D eigenvalue weighted by atomic mass is 16.5. The second kappa shape index (κ2) is 9.67. The van der Waals surface area contributed by atoms with Crippen LogP contribution in [0.4, 0.5) is 0 Å². The van der Waals surface area contributed by atoms with Gasteiger partial charge in [0.2, 0.25) is 5.91 Å². The van der Waals surface area contributed by atoms with E-state index in [4.69, 9.17) is 10.5 Å². The van der Waals surface area contributed by atoms with Gasteiger partial charge in [-0.25, -0.2) is 0 Å². The number of amides is 1. The van der Waals surface area contributed by atoms with Crippen LogP contribution < -0.4 is 10.5 Å². The van der Waals surface area contributed by atoms with Gasteiger partial charge in [-0.3, -0.25) is 4.79 Å². The van der Waals surface area contributed by atoms with Crippen LogP contribution in [-0.4, -0.2) is 48.8 Å². The molecule has 172 valence electrons. The van der Waals surface area contributed by atoms with Crippen molar-refractivity contribution in [2.24, 2.45) is 11.7 Å². The van der Waals surface area contributed by atoms with Gasteiger partial charge < -0.3 is 20.1 Å².